The van der Waals surface area contributed by atoms with Crippen molar-refractivity contribution in [2.75, 3.05) is 25.9 Å². The van der Waals surface area contributed by atoms with Gasteiger partial charge in [0.25, 0.3) is 0 Å². The number of benzene rings is 1. The molecule has 4 nitrogen and oxygen atoms in total. The Bertz CT molecular complexity index is 659. The minimum Gasteiger partial charge on any atom is -0.354 e. The molecule has 1 aliphatic heterocycles. The average Bonchev–Trinajstić information content (AvgIpc) is 2.67. The lowest BCUT2D eigenvalue weighted by atomic mass is 9.72. The van der Waals surface area contributed by atoms with Crippen molar-refractivity contribution >= 4 is 23.6 Å². The number of amides is 2. The van der Waals surface area contributed by atoms with Crippen molar-refractivity contribution in [3.8, 4) is 0 Å². The number of hydrogen-bond donors (Lipinski definition) is 1. The maximum atomic E-state index is 13.4. The third kappa shape index (κ3) is 4.95. The second-order valence-electron chi connectivity index (χ2n) is 8.28. The van der Waals surface area contributed by atoms with Crippen LogP contribution in [0.3, 0.4) is 0 Å². The minimum atomic E-state index is -0.583. The molecule has 2 amide bonds. The molecule has 1 fully saturated rings. The molecule has 1 aliphatic rings. The molecule has 0 bridgehead atoms. The maximum absolute atomic E-state index is 13.4. The number of piperidine rings is 1. The van der Waals surface area contributed by atoms with Gasteiger partial charge in [0.1, 0.15) is 0 Å². The Morgan fingerprint density at radius 1 is 1.26 bits per heavy atom. The fraction of sp³-hybridized carbons (Fsp3) is 0.545. The van der Waals surface area contributed by atoms with Gasteiger partial charge in [-0.3, -0.25) is 9.59 Å². The van der Waals surface area contributed by atoms with Crippen LogP contribution in [0.25, 0.3) is 0 Å². The van der Waals surface area contributed by atoms with Crippen LogP contribution < -0.4 is 5.32 Å². The van der Waals surface area contributed by atoms with E-state index in [-0.39, 0.29) is 17.2 Å². The Labute approximate surface area is 167 Å². The summed E-state index contributed by atoms with van der Waals surface area (Å²) in [5.74, 6) is 0.00921. The molecule has 1 saturated heterocycles. The Kier molecular flexibility index (Phi) is 7.15. The molecule has 5 heteroatoms. The quantitative estimate of drug-likeness (QED) is 0.757. The van der Waals surface area contributed by atoms with Crippen LogP contribution in [-0.4, -0.2) is 47.9 Å². The molecule has 0 saturated carbocycles. The van der Waals surface area contributed by atoms with Crippen LogP contribution >= 0.6 is 11.8 Å². The first-order valence-corrected chi connectivity index (χ1v) is 10.8. The zero-order chi connectivity index (χ0) is 20.1. The molecule has 1 aromatic carbocycles. The molecular weight excluding hydrogens is 356 g/mol. The summed E-state index contributed by atoms with van der Waals surface area (Å²) in [5, 5.41) is 3.57. The smallest absolute Gasteiger partial charge is 0.245 e. The molecule has 148 valence electrons. The first kappa shape index (κ1) is 21.5. The number of hydrogen-bond acceptors (Lipinski definition) is 3. The SMILES string of the molecule is C=CC(=O)N1CCC(C(=O)NCC(SC)C(C)(C)C)(c2ccccc2)CC1. The number of nitrogens with zero attached hydrogens (tertiary/aromatic N) is 1. The predicted molar refractivity (Wildman–Crippen MR) is 114 cm³/mol. The van der Waals surface area contributed by atoms with Gasteiger partial charge in [-0.2, -0.15) is 11.8 Å². The van der Waals surface area contributed by atoms with Crippen molar-refractivity contribution in [3.05, 3.63) is 48.6 Å². The molecule has 0 aliphatic carbocycles. The van der Waals surface area contributed by atoms with Gasteiger partial charge < -0.3 is 10.2 Å². The highest BCUT2D eigenvalue weighted by molar-refractivity contribution is 7.99. The van der Waals surface area contributed by atoms with Crippen LogP contribution in [0.1, 0.15) is 39.2 Å². The van der Waals surface area contributed by atoms with Gasteiger partial charge >= 0.3 is 0 Å². The molecule has 1 unspecified atom stereocenters. The molecule has 1 heterocycles. The first-order valence-electron chi connectivity index (χ1n) is 9.52. The standard InChI is InChI=1S/C22H32N2O2S/c1-6-19(25)24-14-12-22(13-15-24,17-10-8-7-9-11-17)20(26)23-16-18(27-5)21(2,3)4/h6-11,18H,1,12-16H2,2-5H3,(H,23,26). The highest BCUT2D eigenvalue weighted by Crippen LogP contribution is 2.36. The fourth-order valence-electron chi connectivity index (χ4n) is 3.74. The zero-order valence-corrected chi connectivity index (χ0v) is 17.8. The van der Waals surface area contributed by atoms with Crippen molar-refractivity contribution < 1.29 is 9.59 Å². The third-order valence-corrected chi connectivity index (χ3v) is 7.01. The van der Waals surface area contributed by atoms with E-state index in [0.29, 0.717) is 37.7 Å². The van der Waals surface area contributed by atoms with E-state index in [0.717, 1.165) is 5.56 Å². The molecule has 0 aromatic heterocycles. The van der Waals surface area contributed by atoms with Gasteiger partial charge in [-0.1, -0.05) is 57.7 Å². The van der Waals surface area contributed by atoms with Crippen LogP contribution in [0, 0.1) is 5.41 Å². The van der Waals surface area contributed by atoms with Gasteiger partial charge in [0.15, 0.2) is 0 Å². The fourth-order valence-corrected chi connectivity index (χ4v) is 4.70. The number of rotatable bonds is 6. The molecule has 27 heavy (non-hydrogen) atoms. The summed E-state index contributed by atoms with van der Waals surface area (Å²) in [5.41, 5.74) is 0.566. The van der Waals surface area contributed by atoms with Gasteiger partial charge in [0.2, 0.25) is 11.8 Å². The van der Waals surface area contributed by atoms with E-state index in [1.54, 1.807) is 16.7 Å². The van der Waals surface area contributed by atoms with Crippen molar-refractivity contribution in [1.82, 2.24) is 10.2 Å². The largest absolute Gasteiger partial charge is 0.354 e. The molecule has 1 atom stereocenters. The van der Waals surface area contributed by atoms with E-state index < -0.39 is 5.41 Å². The third-order valence-electron chi connectivity index (χ3n) is 5.56. The predicted octanol–water partition coefficient (Wildman–Crippen LogP) is 3.63. The van der Waals surface area contributed by atoms with E-state index >= 15 is 0 Å². The van der Waals surface area contributed by atoms with Gasteiger partial charge in [0.05, 0.1) is 5.41 Å². The van der Waals surface area contributed by atoms with E-state index in [4.69, 9.17) is 0 Å². The van der Waals surface area contributed by atoms with Crippen LogP contribution in [0.2, 0.25) is 0 Å². The lowest BCUT2D eigenvalue weighted by Gasteiger charge is -2.41. The second kappa shape index (κ2) is 8.96. The Morgan fingerprint density at radius 3 is 2.33 bits per heavy atom. The molecule has 2 rings (SSSR count). The Hall–Kier alpha value is -1.75. The summed E-state index contributed by atoms with van der Waals surface area (Å²) in [6.07, 6.45) is 4.69. The van der Waals surface area contributed by atoms with E-state index in [2.05, 4.69) is 38.9 Å². The topological polar surface area (TPSA) is 49.4 Å². The van der Waals surface area contributed by atoms with Crippen molar-refractivity contribution in [2.45, 2.75) is 44.3 Å². The number of carbonyl (C=O) groups is 2. The number of nitrogens with one attached hydrogen (secondary N) is 1. The highest BCUT2D eigenvalue weighted by Gasteiger charge is 2.43. The molecule has 0 spiro atoms. The summed E-state index contributed by atoms with van der Waals surface area (Å²) in [4.78, 5) is 27.1. The Morgan fingerprint density at radius 2 is 1.85 bits per heavy atom. The summed E-state index contributed by atoms with van der Waals surface area (Å²) in [6.45, 7) is 12.0. The average molecular weight is 389 g/mol. The maximum Gasteiger partial charge on any atom is 0.245 e. The Balaban J connectivity index is 2.20. The van der Waals surface area contributed by atoms with Crippen molar-refractivity contribution in [2.24, 2.45) is 5.41 Å². The summed E-state index contributed by atoms with van der Waals surface area (Å²) in [6, 6.07) is 9.98. The zero-order valence-electron chi connectivity index (χ0n) is 17.0. The molecule has 1 N–H and O–H groups in total. The van der Waals surface area contributed by atoms with Gasteiger partial charge in [-0.05, 0) is 36.2 Å². The first-order chi connectivity index (χ1) is 12.7. The van der Waals surface area contributed by atoms with Crippen LogP contribution in [0.4, 0.5) is 0 Å². The highest BCUT2D eigenvalue weighted by atomic mass is 32.2. The number of carbonyl (C=O) groups excluding carboxylic acids is 2. The summed E-state index contributed by atoms with van der Waals surface area (Å²) < 4.78 is 0. The normalized spacial score (nSPS) is 17.9. The van der Waals surface area contributed by atoms with Gasteiger partial charge in [-0.25, -0.2) is 0 Å². The van der Waals surface area contributed by atoms with Crippen molar-refractivity contribution in [3.63, 3.8) is 0 Å². The van der Waals surface area contributed by atoms with Gasteiger partial charge in [-0.15, -0.1) is 0 Å². The van der Waals surface area contributed by atoms with E-state index in [1.807, 2.05) is 30.3 Å². The monoisotopic (exact) mass is 388 g/mol. The van der Waals surface area contributed by atoms with Crippen molar-refractivity contribution in [1.29, 1.82) is 0 Å². The van der Waals surface area contributed by atoms with Crippen LogP contribution in [0.15, 0.2) is 43.0 Å². The van der Waals surface area contributed by atoms with E-state index in [9.17, 15) is 9.59 Å². The molecule has 1 aromatic rings. The second-order valence-corrected chi connectivity index (χ2v) is 9.32. The molecule has 0 radical (unpaired) electrons. The van der Waals surface area contributed by atoms with Crippen LogP contribution in [0.5, 0.6) is 0 Å². The number of thioether (sulfide) groups is 1. The van der Waals surface area contributed by atoms with Gasteiger partial charge in [0, 0.05) is 24.9 Å². The lowest BCUT2D eigenvalue weighted by Crippen LogP contribution is -2.54. The number of likely N-dealkylation sites (tertiary alicyclic amines) is 1. The summed E-state index contributed by atoms with van der Waals surface area (Å²) in [7, 11) is 0. The van der Waals surface area contributed by atoms with E-state index in [1.165, 1.54) is 6.08 Å². The minimum absolute atomic E-state index is 0.0627. The molecular formula is C22H32N2O2S. The lowest BCUT2D eigenvalue weighted by molar-refractivity contribution is -0.133. The van der Waals surface area contributed by atoms with Crippen LogP contribution in [-0.2, 0) is 15.0 Å². The summed E-state index contributed by atoms with van der Waals surface area (Å²) >= 11 is 1.79.